The second-order valence-electron chi connectivity index (χ2n) is 3.62. The summed E-state index contributed by atoms with van der Waals surface area (Å²) in [5.41, 5.74) is 1.50. The monoisotopic (exact) mass is 290 g/mol. The lowest BCUT2D eigenvalue weighted by molar-refractivity contribution is 0.256. The summed E-state index contributed by atoms with van der Waals surface area (Å²) >= 11 is 5.97. The highest BCUT2D eigenvalue weighted by molar-refractivity contribution is 6.33. The minimum Gasteiger partial charge on any atom is -0.306 e. The zero-order valence-corrected chi connectivity index (χ0v) is 12.0. The number of rotatable bonds is 3. The van der Waals surface area contributed by atoms with E-state index in [1.54, 1.807) is 25.2 Å². The zero-order chi connectivity index (χ0) is 12.8. The molecule has 0 radical (unpaired) electrons. The number of nitrogens with one attached hydrogen (secondary N) is 2. The molecule has 0 aliphatic rings. The van der Waals surface area contributed by atoms with Crippen molar-refractivity contribution in [3.63, 3.8) is 0 Å². The molecule has 0 atom stereocenters. The number of hydrogen-bond donors (Lipinski definition) is 2. The maximum atomic E-state index is 11.5. The average molecular weight is 291 g/mol. The van der Waals surface area contributed by atoms with Gasteiger partial charge in [0.15, 0.2) is 0 Å². The van der Waals surface area contributed by atoms with E-state index in [1.165, 1.54) is 6.34 Å². The van der Waals surface area contributed by atoms with Gasteiger partial charge in [0.25, 0.3) is 0 Å². The fourth-order valence-corrected chi connectivity index (χ4v) is 1.41. The van der Waals surface area contributed by atoms with Gasteiger partial charge in [-0.25, -0.2) is 4.79 Å². The van der Waals surface area contributed by atoms with Gasteiger partial charge in [0.05, 0.1) is 10.7 Å². The third kappa shape index (κ3) is 5.25. The van der Waals surface area contributed by atoms with Crippen LogP contribution in [-0.2, 0) is 0 Å². The third-order valence-electron chi connectivity index (χ3n) is 1.94. The highest BCUT2D eigenvalue weighted by atomic mass is 35.5. The summed E-state index contributed by atoms with van der Waals surface area (Å²) in [4.78, 5) is 11.5. The summed E-state index contributed by atoms with van der Waals surface area (Å²) in [7, 11) is 3.52. The van der Waals surface area contributed by atoms with Gasteiger partial charge in [-0.3, -0.25) is 5.32 Å². The number of amides is 2. The molecular formula is C11H16Cl2N4O. The van der Waals surface area contributed by atoms with Crippen LogP contribution in [-0.4, -0.2) is 31.5 Å². The normalized spacial score (nSPS) is 9.78. The van der Waals surface area contributed by atoms with Gasteiger partial charge in [0.1, 0.15) is 6.34 Å². The first-order valence-electron chi connectivity index (χ1n) is 5.03. The van der Waals surface area contributed by atoms with Crippen LogP contribution in [0.5, 0.6) is 0 Å². The second kappa shape index (κ2) is 7.79. The molecule has 0 heterocycles. The van der Waals surface area contributed by atoms with Crippen LogP contribution in [0.2, 0.25) is 5.02 Å². The Balaban J connectivity index is 0.00000289. The molecular weight excluding hydrogens is 275 g/mol. The van der Waals surface area contributed by atoms with Crippen LogP contribution < -0.4 is 10.6 Å². The molecule has 0 fully saturated rings. The van der Waals surface area contributed by atoms with Gasteiger partial charge in [-0.1, -0.05) is 23.7 Å². The molecule has 0 aliphatic carbocycles. The number of benzene rings is 1. The molecule has 0 aromatic heterocycles. The SMILES string of the molecule is Cc1cccc(Cl)c1NC(=O)NC=NN(C)C.Cl. The molecule has 0 saturated carbocycles. The summed E-state index contributed by atoms with van der Waals surface area (Å²) in [6, 6.07) is 5.04. The van der Waals surface area contributed by atoms with Gasteiger partial charge < -0.3 is 10.3 Å². The van der Waals surface area contributed by atoms with Crippen LogP contribution in [0.3, 0.4) is 0 Å². The number of hydrazone groups is 1. The van der Waals surface area contributed by atoms with Crippen molar-refractivity contribution < 1.29 is 4.79 Å². The van der Waals surface area contributed by atoms with E-state index in [0.717, 1.165) is 5.56 Å². The fourth-order valence-electron chi connectivity index (χ4n) is 1.14. The highest BCUT2D eigenvalue weighted by Crippen LogP contribution is 2.24. The average Bonchev–Trinajstić information content (AvgIpc) is 2.23. The molecule has 2 amide bonds. The number of carbonyl (C=O) groups excluding carboxylic acids is 1. The topological polar surface area (TPSA) is 56.7 Å². The Morgan fingerprint density at radius 1 is 1.44 bits per heavy atom. The van der Waals surface area contributed by atoms with Crippen molar-refractivity contribution in [2.45, 2.75) is 6.92 Å². The van der Waals surface area contributed by atoms with Crippen molar-refractivity contribution in [3.05, 3.63) is 28.8 Å². The van der Waals surface area contributed by atoms with E-state index >= 15 is 0 Å². The van der Waals surface area contributed by atoms with Crippen LogP contribution in [0.25, 0.3) is 0 Å². The zero-order valence-electron chi connectivity index (χ0n) is 10.4. The van der Waals surface area contributed by atoms with Crippen LogP contribution in [0.15, 0.2) is 23.3 Å². The lowest BCUT2D eigenvalue weighted by Gasteiger charge is -2.09. The highest BCUT2D eigenvalue weighted by Gasteiger charge is 2.06. The van der Waals surface area contributed by atoms with E-state index in [0.29, 0.717) is 10.7 Å². The molecule has 1 rings (SSSR count). The van der Waals surface area contributed by atoms with E-state index in [2.05, 4.69) is 15.7 Å². The molecule has 0 bridgehead atoms. The van der Waals surface area contributed by atoms with E-state index in [4.69, 9.17) is 11.6 Å². The van der Waals surface area contributed by atoms with Gasteiger partial charge in [-0.2, -0.15) is 5.10 Å². The summed E-state index contributed by atoms with van der Waals surface area (Å²) in [6.45, 7) is 1.87. The van der Waals surface area contributed by atoms with Crippen molar-refractivity contribution in [2.75, 3.05) is 19.4 Å². The molecule has 0 spiro atoms. The number of aryl methyl sites for hydroxylation is 1. The molecule has 1 aromatic carbocycles. The van der Waals surface area contributed by atoms with Crippen molar-refractivity contribution in [3.8, 4) is 0 Å². The number of hydrogen-bond acceptors (Lipinski definition) is 3. The van der Waals surface area contributed by atoms with Gasteiger partial charge in [-0.15, -0.1) is 12.4 Å². The number of para-hydroxylation sites is 1. The predicted molar refractivity (Wildman–Crippen MR) is 77.8 cm³/mol. The lowest BCUT2D eigenvalue weighted by atomic mass is 10.2. The summed E-state index contributed by atoms with van der Waals surface area (Å²) in [5, 5.41) is 11.1. The van der Waals surface area contributed by atoms with Crippen molar-refractivity contribution in [1.29, 1.82) is 0 Å². The van der Waals surface area contributed by atoms with E-state index in [1.807, 2.05) is 19.1 Å². The Kier molecular flexibility index (Phi) is 7.16. The molecule has 0 saturated heterocycles. The maximum absolute atomic E-state index is 11.5. The van der Waals surface area contributed by atoms with Crippen LogP contribution >= 0.6 is 24.0 Å². The van der Waals surface area contributed by atoms with E-state index in [9.17, 15) is 4.79 Å². The lowest BCUT2D eigenvalue weighted by Crippen LogP contribution is -2.28. The smallest absolute Gasteiger partial charge is 0.306 e. The van der Waals surface area contributed by atoms with Crippen molar-refractivity contribution in [2.24, 2.45) is 5.10 Å². The first-order chi connectivity index (χ1) is 8.00. The Bertz CT molecular complexity index is 415. The predicted octanol–water partition coefficient (Wildman–Crippen LogP) is 2.70. The van der Waals surface area contributed by atoms with Gasteiger partial charge in [-0.05, 0) is 18.6 Å². The molecule has 18 heavy (non-hydrogen) atoms. The maximum Gasteiger partial charge on any atom is 0.324 e. The quantitative estimate of drug-likeness (QED) is 0.511. The molecule has 1 aromatic rings. The summed E-state index contributed by atoms with van der Waals surface area (Å²) in [5.74, 6) is 0. The summed E-state index contributed by atoms with van der Waals surface area (Å²) < 4.78 is 0. The molecule has 0 unspecified atom stereocenters. The van der Waals surface area contributed by atoms with E-state index < -0.39 is 0 Å². The Morgan fingerprint density at radius 2 is 2.11 bits per heavy atom. The Hall–Kier alpha value is -1.46. The molecule has 100 valence electrons. The molecule has 0 aliphatic heterocycles. The van der Waals surface area contributed by atoms with Crippen LogP contribution in [0.1, 0.15) is 5.56 Å². The molecule has 2 N–H and O–H groups in total. The molecule has 5 nitrogen and oxygen atoms in total. The second-order valence-corrected chi connectivity index (χ2v) is 4.03. The van der Waals surface area contributed by atoms with Crippen LogP contribution in [0, 0.1) is 6.92 Å². The standard InChI is InChI=1S/C11H15ClN4O.ClH/c1-8-5-4-6-9(12)10(8)15-11(17)13-7-14-16(2)3;/h4-7H,1-3H3,(H2,13,14,15,17);1H. The minimum absolute atomic E-state index is 0. The van der Waals surface area contributed by atoms with Crippen LogP contribution in [0.4, 0.5) is 10.5 Å². The minimum atomic E-state index is -0.383. The number of halogens is 2. The number of urea groups is 1. The third-order valence-corrected chi connectivity index (χ3v) is 2.26. The Labute approximate surface area is 118 Å². The number of carbonyl (C=O) groups is 1. The summed E-state index contributed by atoms with van der Waals surface area (Å²) in [6.07, 6.45) is 1.31. The van der Waals surface area contributed by atoms with Gasteiger partial charge in [0.2, 0.25) is 0 Å². The van der Waals surface area contributed by atoms with Crippen molar-refractivity contribution in [1.82, 2.24) is 10.3 Å². The first kappa shape index (κ1) is 16.5. The van der Waals surface area contributed by atoms with E-state index in [-0.39, 0.29) is 18.4 Å². The van der Waals surface area contributed by atoms with Gasteiger partial charge >= 0.3 is 6.03 Å². The number of nitrogens with zero attached hydrogens (tertiary/aromatic N) is 2. The van der Waals surface area contributed by atoms with Crippen molar-refractivity contribution >= 4 is 42.1 Å². The largest absolute Gasteiger partial charge is 0.324 e. The first-order valence-corrected chi connectivity index (χ1v) is 5.41. The van der Waals surface area contributed by atoms with Gasteiger partial charge in [0, 0.05) is 14.1 Å². The fraction of sp³-hybridized carbons (Fsp3) is 0.273. The molecule has 7 heteroatoms. The Morgan fingerprint density at radius 3 is 2.67 bits per heavy atom. The number of anilines is 1.